The molecule has 144 valence electrons. The molecule has 0 saturated heterocycles. The van der Waals surface area contributed by atoms with Crippen LogP contribution in [-0.2, 0) is 23.1 Å². The maximum absolute atomic E-state index is 12.3. The van der Waals surface area contributed by atoms with Crippen LogP contribution in [0.5, 0.6) is 0 Å². The lowest BCUT2D eigenvalue weighted by molar-refractivity contribution is -0.142. The second-order valence-corrected chi connectivity index (χ2v) is 8.20. The van der Waals surface area contributed by atoms with Crippen molar-refractivity contribution in [1.82, 2.24) is 0 Å². The summed E-state index contributed by atoms with van der Waals surface area (Å²) in [4.78, 5) is 12.0. The van der Waals surface area contributed by atoms with Gasteiger partial charge < -0.3 is 13.8 Å². The van der Waals surface area contributed by atoms with Gasteiger partial charge in [0.2, 0.25) is 0 Å². The first-order valence-corrected chi connectivity index (χ1v) is 11.3. The maximum atomic E-state index is 12.3. The third kappa shape index (κ3) is 12.0. The van der Waals surface area contributed by atoms with Gasteiger partial charge in [-0.15, -0.1) is 0 Å². The number of esters is 1. The van der Waals surface area contributed by atoms with Crippen molar-refractivity contribution in [3.8, 4) is 0 Å². The van der Waals surface area contributed by atoms with Crippen LogP contribution in [0.1, 0.15) is 79.1 Å². The minimum Gasteiger partial charge on any atom is -0.465 e. The van der Waals surface area contributed by atoms with Crippen LogP contribution in [-0.4, -0.2) is 32.0 Å². The summed E-state index contributed by atoms with van der Waals surface area (Å²) in [6.07, 6.45) is 9.03. The van der Waals surface area contributed by atoms with E-state index in [1.165, 1.54) is 25.7 Å². The molecule has 6 heteroatoms. The lowest BCUT2D eigenvalue weighted by atomic mass is 9.96. The fraction of sp³-hybridized carbons (Fsp3) is 0.944. The zero-order valence-corrected chi connectivity index (χ0v) is 16.9. The summed E-state index contributed by atoms with van der Waals surface area (Å²) < 4.78 is 28.0. The predicted molar refractivity (Wildman–Crippen MR) is 98.5 cm³/mol. The molecule has 0 rings (SSSR count). The Morgan fingerprint density at radius 3 is 2.00 bits per heavy atom. The van der Waals surface area contributed by atoms with Crippen LogP contribution in [0.3, 0.4) is 0 Å². The van der Waals surface area contributed by atoms with E-state index in [0.717, 1.165) is 25.7 Å². The molecule has 0 aliphatic heterocycles. The molecule has 1 unspecified atom stereocenters. The Labute approximate surface area is 148 Å². The fourth-order valence-corrected chi connectivity index (χ4v) is 4.05. The van der Waals surface area contributed by atoms with Gasteiger partial charge in [-0.3, -0.25) is 9.36 Å². The molecule has 0 bridgehead atoms. The lowest BCUT2D eigenvalue weighted by Crippen LogP contribution is -2.18. The zero-order valence-electron chi connectivity index (χ0n) is 16.1. The number of hydrogen-bond acceptors (Lipinski definition) is 5. The van der Waals surface area contributed by atoms with Gasteiger partial charge >= 0.3 is 13.6 Å². The molecule has 0 aromatic carbocycles. The fourth-order valence-electron chi connectivity index (χ4n) is 2.60. The second kappa shape index (κ2) is 14.9. The number of carbonyl (C=O) groups is 1. The second-order valence-electron chi connectivity index (χ2n) is 6.15. The summed E-state index contributed by atoms with van der Waals surface area (Å²) >= 11 is 0. The Morgan fingerprint density at radius 2 is 1.46 bits per heavy atom. The first-order chi connectivity index (χ1) is 11.5. The van der Waals surface area contributed by atoms with Crippen molar-refractivity contribution < 1.29 is 23.1 Å². The van der Waals surface area contributed by atoms with E-state index in [-0.39, 0.29) is 19.4 Å². The smallest absolute Gasteiger partial charge is 0.341 e. The molecule has 0 aliphatic rings. The summed E-state index contributed by atoms with van der Waals surface area (Å²) in [5.41, 5.74) is 0. The molecule has 0 fully saturated rings. The number of hydrogen-bond donors (Lipinski definition) is 0. The molecular weight excluding hydrogens is 327 g/mol. The topological polar surface area (TPSA) is 61.8 Å². The highest BCUT2D eigenvalue weighted by Gasteiger charge is 2.28. The highest BCUT2D eigenvalue weighted by molar-refractivity contribution is 7.54. The molecule has 0 aromatic rings. The van der Waals surface area contributed by atoms with Crippen LogP contribution in [0.2, 0.25) is 0 Å². The molecular formula is C18H37O5P. The van der Waals surface area contributed by atoms with Crippen LogP contribution in [0.15, 0.2) is 0 Å². The van der Waals surface area contributed by atoms with Crippen LogP contribution < -0.4 is 0 Å². The van der Waals surface area contributed by atoms with Gasteiger partial charge in [-0.2, -0.15) is 0 Å². The molecule has 0 amide bonds. The number of rotatable bonds is 16. The van der Waals surface area contributed by atoms with Crippen molar-refractivity contribution in [2.75, 3.05) is 26.0 Å². The Morgan fingerprint density at radius 1 is 0.875 bits per heavy atom. The summed E-state index contributed by atoms with van der Waals surface area (Å²) in [7, 11) is -3.36. The Hall–Kier alpha value is -0.380. The Kier molecular flexibility index (Phi) is 14.7. The molecule has 0 heterocycles. The maximum Gasteiger partial charge on any atom is 0.341 e. The average Bonchev–Trinajstić information content (AvgIpc) is 2.53. The van der Waals surface area contributed by atoms with E-state index in [9.17, 15) is 9.36 Å². The molecule has 5 nitrogen and oxygen atoms in total. The van der Waals surface area contributed by atoms with E-state index in [1.807, 2.05) is 0 Å². The molecule has 0 aliphatic carbocycles. The average molecular weight is 364 g/mol. The highest BCUT2D eigenvalue weighted by Crippen LogP contribution is 2.47. The normalized spacial score (nSPS) is 13.0. The summed E-state index contributed by atoms with van der Waals surface area (Å²) in [6.45, 7) is 8.74. The van der Waals surface area contributed by atoms with Gasteiger partial charge in [0.15, 0.2) is 0 Å². The first-order valence-electron chi connectivity index (χ1n) is 9.54. The van der Waals surface area contributed by atoms with Gasteiger partial charge in [-0.25, -0.2) is 0 Å². The van der Waals surface area contributed by atoms with Crippen LogP contribution in [0.25, 0.3) is 0 Å². The standard InChI is InChI=1S/C18H37O5P/c1-5-9-11-12-14-17(13-10-6-2)15-21-18(19)16-24(20,22-7-3)23-8-4/h17H,5-16H2,1-4H3. The zero-order chi connectivity index (χ0) is 18.3. The summed E-state index contributed by atoms with van der Waals surface area (Å²) in [5, 5.41) is 0. The molecule has 0 spiro atoms. The highest BCUT2D eigenvalue weighted by atomic mass is 31.2. The van der Waals surface area contributed by atoms with Crippen molar-refractivity contribution >= 4 is 13.6 Å². The van der Waals surface area contributed by atoms with E-state index in [1.54, 1.807) is 13.8 Å². The minimum absolute atomic E-state index is 0.251. The number of unbranched alkanes of at least 4 members (excludes halogenated alkanes) is 4. The van der Waals surface area contributed by atoms with Crippen molar-refractivity contribution in [2.45, 2.75) is 79.1 Å². The monoisotopic (exact) mass is 364 g/mol. The van der Waals surface area contributed by atoms with Crippen molar-refractivity contribution in [3.05, 3.63) is 0 Å². The largest absolute Gasteiger partial charge is 0.465 e. The van der Waals surface area contributed by atoms with Gasteiger partial charge in [0, 0.05) is 0 Å². The Bertz CT molecular complexity index is 349. The first kappa shape index (κ1) is 23.6. The van der Waals surface area contributed by atoms with E-state index in [4.69, 9.17) is 13.8 Å². The molecule has 0 saturated carbocycles. The molecule has 0 N–H and O–H groups in total. The van der Waals surface area contributed by atoms with Crippen molar-refractivity contribution in [3.63, 3.8) is 0 Å². The van der Waals surface area contributed by atoms with Crippen molar-refractivity contribution in [2.24, 2.45) is 5.92 Å². The van der Waals surface area contributed by atoms with Gasteiger partial charge in [-0.1, -0.05) is 52.4 Å². The summed E-state index contributed by atoms with van der Waals surface area (Å²) in [5.74, 6) is -0.0976. The number of ether oxygens (including phenoxy) is 1. The third-order valence-corrected chi connectivity index (χ3v) is 5.83. The Balaban J connectivity index is 4.32. The lowest BCUT2D eigenvalue weighted by Gasteiger charge is -2.19. The van der Waals surface area contributed by atoms with Crippen LogP contribution >= 0.6 is 7.60 Å². The molecule has 0 aromatic heterocycles. The van der Waals surface area contributed by atoms with Crippen LogP contribution in [0, 0.1) is 5.92 Å². The molecule has 1 atom stereocenters. The summed E-state index contributed by atoms with van der Waals surface area (Å²) in [6, 6.07) is 0. The number of carbonyl (C=O) groups excluding carboxylic acids is 1. The quantitative estimate of drug-likeness (QED) is 0.203. The SMILES string of the molecule is CCCCCCC(CCCC)COC(=O)CP(=O)(OCC)OCC. The van der Waals surface area contributed by atoms with Gasteiger partial charge in [0.1, 0.15) is 6.16 Å². The van der Waals surface area contributed by atoms with E-state index < -0.39 is 13.6 Å². The predicted octanol–water partition coefficient (Wildman–Crippen LogP) is 5.57. The van der Waals surface area contributed by atoms with E-state index in [2.05, 4.69) is 13.8 Å². The van der Waals surface area contributed by atoms with Gasteiger partial charge in [0.25, 0.3) is 0 Å². The van der Waals surface area contributed by atoms with E-state index >= 15 is 0 Å². The van der Waals surface area contributed by atoms with Crippen LogP contribution in [0.4, 0.5) is 0 Å². The third-order valence-electron chi connectivity index (χ3n) is 3.89. The molecule has 24 heavy (non-hydrogen) atoms. The minimum atomic E-state index is -3.36. The van der Waals surface area contributed by atoms with Gasteiger partial charge in [-0.05, 0) is 32.6 Å². The van der Waals surface area contributed by atoms with Gasteiger partial charge in [0.05, 0.1) is 19.8 Å². The molecule has 0 radical (unpaired) electrons. The van der Waals surface area contributed by atoms with Crippen molar-refractivity contribution in [1.29, 1.82) is 0 Å². The van der Waals surface area contributed by atoms with E-state index in [0.29, 0.717) is 12.5 Å².